The second-order valence-electron chi connectivity index (χ2n) is 4.94. The molecule has 2 rings (SSSR count). The Labute approximate surface area is 96.8 Å². The third-order valence-electron chi connectivity index (χ3n) is 3.47. The highest BCUT2D eigenvalue weighted by molar-refractivity contribution is 5.24. The summed E-state index contributed by atoms with van der Waals surface area (Å²) >= 11 is 0. The maximum Gasteiger partial charge on any atom is 0.108 e. The average Bonchev–Trinajstić information content (AvgIpc) is 2.73. The normalized spacial score (nSPS) is 22.1. The van der Waals surface area contributed by atoms with E-state index in [1.54, 1.807) is 6.26 Å². The number of furan rings is 1. The van der Waals surface area contributed by atoms with Crippen molar-refractivity contribution < 1.29 is 9.52 Å². The molecule has 0 spiro atoms. The van der Waals surface area contributed by atoms with Gasteiger partial charge in [-0.3, -0.25) is 0 Å². The van der Waals surface area contributed by atoms with Crippen LogP contribution in [0.25, 0.3) is 0 Å². The molecule has 0 saturated heterocycles. The highest BCUT2D eigenvalue weighted by Crippen LogP contribution is 2.31. The van der Waals surface area contributed by atoms with Gasteiger partial charge in [0.2, 0.25) is 0 Å². The lowest BCUT2D eigenvalue weighted by atomic mass is 9.91. The molecule has 0 aromatic carbocycles. The second-order valence-corrected chi connectivity index (χ2v) is 4.94. The molecule has 1 aromatic rings. The molecule has 0 fully saturated rings. The van der Waals surface area contributed by atoms with E-state index in [-0.39, 0.29) is 12.6 Å². The zero-order valence-corrected chi connectivity index (χ0v) is 10.1. The molecule has 3 nitrogen and oxygen atoms in total. The van der Waals surface area contributed by atoms with E-state index in [1.807, 2.05) is 0 Å². The molecule has 0 bridgehead atoms. The highest BCUT2D eigenvalue weighted by Gasteiger charge is 2.25. The smallest absolute Gasteiger partial charge is 0.108 e. The predicted molar refractivity (Wildman–Crippen MR) is 63.2 cm³/mol. The van der Waals surface area contributed by atoms with Gasteiger partial charge in [0.1, 0.15) is 5.76 Å². The number of aryl methyl sites for hydroxylation is 1. The standard InChI is InChI=1S/C13H21NO2/c1-9(2)12(8-15)14-11-4-3-5-13-10(11)6-7-16-13/h6-7,9,11-12,14-15H,3-5,8H2,1-2H3. The lowest BCUT2D eigenvalue weighted by Crippen LogP contribution is -2.40. The minimum absolute atomic E-state index is 0.172. The van der Waals surface area contributed by atoms with Crippen LogP contribution in [0.5, 0.6) is 0 Å². The Kier molecular flexibility index (Phi) is 3.66. The molecule has 0 radical (unpaired) electrons. The fraction of sp³-hybridized carbons (Fsp3) is 0.692. The summed E-state index contributed by atoms with van der Waals surface area (Å²) in [5.74, 6) is 1.56. The Morgan fingerprint density at radius 3 is 3.06 bits per heavy atom. The predicted octanol–water partition coefficient (Wildman–Crippen LogP) is 2.26. The van der Waals surface area contributed by atoms with Gasteiger partial charge in [-0.15, -0.1) is 0 Å². The second kappa shape index (κ2) is 5.02. The van der Waals surface area contributed by atoms with Crippen molar-refractivity contribution >= 4 is 0 Å². The summed E-state index contributed by atoms with van der Waals surface area (Å²) in [6, 6.07) is 2.58. The quantitative estimate of drug-likeness (QED) is 0.823. The lowest BCUT2D eigenvalue weighted by molar-refractivity contribution is 0.194. The molecular formula is C13H21NO2. The number of fused-ring (bicyclic) bond motifs is 1. The van der Waals surface area contributed by atoms with Crippen LogP contribution in [0.4, 0.5) is 0 Å². The lowest BCUT2D eigenvalue weighted by Gasteiger charge is -2.29. The number of nitrogens with one attached hydrogen (secondary N) is 1. The van der Waals surface area contributed by atoms with Gasteiger partial charge in [-0.05, 0) is 24.8 Å². The molecule has 0 saturated carbocycles. The molecule has 0 aliphatic heterocycles. The van der Waals surface area contributed by atoms with Gasteiger partial charge in [0.25, 0.3) is 0 Å². The summed E-state index contributed by atoms with van der Waals surface area (Å²) in [5, 5.41) is 12.9. The van der Waals surface area contributed by atoms with Gasteiger partial charge in [0, 0.05) is 24.1 Å². The van der Waals surface area contributed by atoms with E-state index in [2.05, 4.69) is 25.2 Å². The molecule has 90 valence electrons. The largest absolute Gasteiger partial charge is 0.469 e. The van der Waals surface area contributed by atoms with E-state index in [0.29, 0.717) is 12.0 Å². The van der Waals surface area contributed by atoms with Crippen LogP contribution in [0, 0.1) is 5.92 Å². The Balaban J connectivity index is 2.07. The van der Waals surface area contributed by atoms with Crippen LogP contribution < -0.4 is 5.32 Å². The Morgan fingerprint density at radius 2 is 2.38 bits per heavy atom. The minimum Gasteiger partial charge on any atom is -0.469 e. The van der Waals surface area contributed by atoms with Crippen LogP contribution in [0.1, 0.15) is 44.1 Å². The fourth-order valence-corrected chi connectivity index (χ4v) is 2.37. The van der Waals surface area contributed by atoms with Gasteiger partial charge in [-0.2, -0.15) is 0 Å². The molecule has 2 N–H and O–H groups in total. The summed E-state index contributed by atoms with van der Waals surface area (Å²) in [7, 11) is 0. The minimum atomic E-state index is 0.172. The zero-order valence-electron chi connectivity index (χ0n) is 10.1. The fourth-order valence-electron chi connectivity index (χ4n) is 2.37. The zero-order chi connectivity index (χ0) is 11.5. The summed E-state index contributed by atoms with van der Waals surface area (Å²) in [4.78, 5) is 0. The van der Waals surface area contributed by atoms with E-state index in [1.165, 1.54) is 5.56 Å². The van der Waals surface area contributed by atoms with Gasteiger partial charge >= 0.3 is 0 Å². The molecule has 1 aliphatic rings. The van der Waals surface area contributed by atoms with Crippen molar-refractivity contribution in [2.24, 2.45) is 5.92 Å². The average molecular weight is 223 g/mol. The van der Waals surface area contributed by atoms with Crippen molar-refractivity contribution in [3.63, 3.8) is 0 Å². The maximum absolute atomic E-state index is 9.34. The molecule has 1 aromatic heterocycles. The number of aliphatic hydroxyl groups is 1. The van der Waals surface area contributed by atoms with Crippen LogP contribution in [-0.2, 0) is 6.42 Å². The molecule has 16 heavy (non-hydrogen) atoms. The SMILES string of the molecule is CC(C)C(CO)NC1CCCc2occc21. The van der Waals surface area contributed by atoms with Crippen molar-refractivity contribution in [2.45, 2.75) is 45.2 Å². The highest BCUT2D eigenvalue weighted by atomic mass is 16.3. The maximum atomic E-state index is 9.34. The van der Waals surface area contributed by atoms with E-state index in [0.717, 1.165) is 25.0 Å². The third kappa shape index (κ3) is 2.30. The van der Waals surface area contributed by atoms with Crippen LogP contribution >= 0.6 is 0 Å². The van der Waals surface area contributed by atoms with Crippen molar-refractivity contribution in [3.05, 3.63) is 23.7 Å². The number of rotatable bonds is 4. The molecule has 2 unspecified atom stereocenters. The van der Waals surface area contributed by atoms with E-state index in [9.17, 15) is 5.11 Å². The molecule has 1 heterocycles. The monoisotopic (exact) mass is 223 g/mol. The molecule has 3 heteroatoms. The van der Waals surface area contributed by atoms with Crippen molar-refractivity contribution in [3.8, 4) is 0 Å². The third-order valence-corrected chi connectivity index (χ3v) is 3.47. The van der Waals surface area contributed by atoms with Crippen molar-refractivity contribution in [1.82, 2.24) is 5.32 Å². The summed E-state index contributed by atoms with van der Waals surface area (Å²) < 4.78 is 5.46. The van der Waals surface area contributed by atoms with E-state index in [4.69, 9.17) is 4.42 Å². The Morgan fingerprint density at radius 1 is 1.56 bits per heavy atom. The van der Waals surface area contributed by atoms with Gasteiger partial charge in [-0.1, -0.05) is 13.8 Å². The van der Waals surface area contributed by atoms with Crippen molar-refractivity contribution in [2.75, 3.05) is 6.61 Å². The van der Waals surface area contributed by atoms with Gasteiger partial charge in [-0.25, -0.2) is 0 Å². The molecular weight excluding hydrogens is 202 g/mol. The molecule has 0 amide bonds. The Bertz CT molecular complexity index is 332. The number of aliphatic hydroxyl groups excluding tert-OH is 1. The van der Waals surface area contributed by atoms with Gasteiger partial charge < -0.3 is 14.8 Å². The molecule has 2 atom stereocenters. The molecule has 1 aliphatic carbocycles. The van der Waals surface area contributed by atoms with E-state index >= 15 is 0 Å². The first kappa shape index (κ1) is 11.7. The van der Waals surface area contributed by atoms with Crippen LogP contribution in [0.15, 0.2) is 16.7 Å². The van der Waals surface area contributed by atoms with Crippen LogP contribution in [-0.4, -0.2) is 17.8 Å². The summed E-state index contributed by atoms with van der Waals surface area (Å²) in [5.41, 5.74) is 1.28. The topological polar surface area (TPSA) is 45.4 Å². The van der Waals surface area contributed by atoms with Crippen LogP contribution in [0.3, 0.4) is 0 Å². The first-order valence-electron chi connectivity index (χ1n) is 6.15. The first-order chi connectivity index (χ1) is 7.72. The Hall–Kier alpha value is -0.800. The summed E-state index contributed by atoms with van der Waals surface area (Å²) in [6.45, 7) is 4.46. The van der Waals surface area contributed by atoms with E-state index < -0.39 is 0 Å². The first-order valence-corrected chi connectivity index (χ1v) is 6.15. The van der Waals surface area contributed by atoms with Crippen LogP contribution in [0.2, 0.25) is 0 Å². The number of hydrogen-bond donors (Lipinski definition) is 2. The van der Waals surface area contributed by atoms with Gasteiger partial charge in [0.15, 0.2) is 0 Å². The number of hydrogen-bond acceptors (Lipinski definition) is 3. The van der Waals surface area contributed by atoms with Gasteiger partial charge in [0.05, 0.1) is 12.9 Å². The summed E-state index contributed by atoms with van der Waals surface area (Å²) in [6.07, 6.45) is 5.12. The van der Waals surface area contributed by atoms with Crippen molar-refractivity contribution in [1.29, 1.82) is 0 Å².